The van der Waals surface area contributed by atoms with Gasteiger partial charge in [0.25, 0.3) is 0 Å². The van der Waals surface area contributed by atoms with Gasteiger partial charge in [-0.2, -0.15) is 0 Å². The first-order valence-electron chi connectivity index (χ1n) is 7.31. The van der Waals surface area contributed by atoms with Crippen LogP contribution < -0.4 is 10.2 Å². The van der Waals surface area contributed by atoms with Crippen LogP contribution in [0.2, 0.25) is 5.15 Å². The summed E-state index contributed by atoms with van der Waals surface area (Å²) in [6.45, 7) is 1.19. The quantitative estimate of drug-likeness (QED) is 0.704. The van der Waals surface area contributed by atoms with E-state index in [0.29, 0.717) is 18.2 Å². The molecule has 9 heteroatoms. The molecule has 0 aromatic carbocycles. The number of carbonyl (C=O) groups is 1. The summed E-state index contributed by atoms with van der Waals surface area (Å²) >= 11 is 5.83. The van der Waals surface area contributed by atoms with E-state index in [-0.39, 0.29) is 6.04 Å². The molecule has 8 nitrogen and oxygen atoms in total. The largest absolute Gasteiger partial charge is 0.465 e. The van der Waals surface area contributed by atoms with Crippen LogP contribution in [0.3, 0.4) is 0 Å². The van der Waals surface area contributed by atoms with E-state index in [1.54, 1.807) is 23.0 Å². The third-order valence-corrected chi connectivity index (χ3v) is 4.13. The van der Waals surface area contributed by atoms with Gasteiger partial charge in [0.05, 0.1) is 17.9 Å². The first-order valence-corrected chi connectivity index (χ1v) is 7.69. The Hall–Kier alpha value is -2.87. The fraction of sp³-hybridized carbons (Fsp3) is 0.200. The van der Waals surface area contributed by atoms with Crippen LogP contribution in [0.15, 0.2) is 36.7 Å². The lowest BCUT2D eigenvalue weighted by Crippen LogP contribution is -2.59. The Bertz CT molecular complexity index is 904. The monoisotopic (exact) mass is 344 g/mol. The number of hydrogen-bond acceptors (Lipinski definition) is 5. The number of carboxylic acid groups (broad SMARTS) is 1. The van der Waals surface area contributed by atoms with Crippen LogP contribution in [0.1, 0.15) is 0 Å². The van der Waals surface area contributed by atoms with Gasteiger partial charge in [-0.1, -0.05) is 11.6 Å². The van der Waals surface area contributed by atoms with Crippen LogP contribution >= 0.6 is 11.6 Å². The number of aromatic nitrogens is 4. The summed E-state index contributed by atoms with van der Waals surface area (Å²) < 4.78 is 1.75. The van der Waals surface area contributed by atoms with E-state index < -0.39 is 6.09 Å². The highest BCUT2D eigenvalue weighted by molar-refractivity contribution is 6.29. The highest BCUT2D eigenvalue weighted by Crippen LogP contribution is 2.23. The van der Waals surface area contributed by atoms with Crippen molar-refractivity contribution in [1.29, 1.82) is 0 Å². The molecular weight excluding hydrogens is 332 g/mol. The predicted octanol–water partition coefficient (Wildman–Crippen LogP) is 1.90. The van der Waals surface area contributed by atoms with Gasteiger partial charge in [-0.3, -0.25) is 0 Å². The van der Waals surface area contributed by atoms with Crippen molar-refractivity contribution in [3.63, 3.8) is 0 Å². The average Bonchev–Trinajstić information content (AvgIpc) is 2.94. The molecule has 0 unspecified atom stereocenters. The van der Waals surface area contributed by atoms with Crippen molar-refractivity contribution >= 4 is 29.2 Å². The summed E-state index contributed by atoms with van der Waals surface area (Å²) in [6.07, 6.45) is 2.41. The lowest BCUT2D eigenvalue weighted by Gasteiger charge is -2.39. The van der Waals surface area contributed by atoms with Gasteiger partial charge in [0.15, 0.2) is 5.65 Å². The molecule has 4 rings (SSSR count). The minimum atomic E-state index is -1.00. The van der Waals surface area contributed by atoms with Crippen LogP contribution in [-0.4, -0.2) is 49.9 Å². The second-order valence-electron chi connectivity index (χ2n) is 5.53. The zero-order valence-corrected chi connectivity index (χ0v) is 13.2. The number of fused-ring (bicyclic) bond motifs is 1. The second kappa shape index (κ2) is 5.64. The van der Waals surface area contributed by atoms with Crippen LogP contribution in [0.5, 0.6) is 0 Å². The van der Waals surface area contributed by atoms with Crippen LogP contribution in [-0.2, 0) is 0 Å². The van der Waals surface area contributed by atoms with Gasteiger partial charge in [0.2, 0.25) is 0 Å². The summed E-state index contributed by atoms with van der Waals surface area (Å²) in [6, 6.07) is 7.28. The maximum atomic E-state index is 10.6. The summed E-state index contributed by atoms with van der Waals surface area (Å²) in [5.41, 5.74) is 2.41. The molecule has 0 bridgehead atoms. The standard InChI is InChI=1S/C15H13ClN6O2/c16-12-2-1-9(5-17-12)11-6-18-13-3-4-14(20-22(11)13)21-7-10(8-21)19-15(23)24/h1-6,10,19H,7-8H2,(H,23,24). The molecule has 1 saturated heterocycles. The smallest absolute Gasteiger partial charge is 0.405 e. The third kappa shape index (κ3) is 2.61. The SMILES string of the molecule is O=C(O)NC1CN(c2ccc3ncc(-c4ccc(Cl)nc4)n3n2)C1. The predicted molar refractivity (Wildman–Crippen MR) is 88.4 cm³/mol. The van der Waals surface area contributed by atoms with Gasteiger partial charge >= 0.3 is 6.09 Å². The number of halogens is 1. The molecule has 3 aromatic heterocycles. The van der Waals surface area contributed by atoms with Gasteiger partial charge < -0.3 is 15.3 Å². The Morgan fingerprint density at radius 2 is 2.04 bits per heavy atom. The molecule has 1 fully saturated rings. The Balaban J connectivity index is 1.62. The molecule has 0 saturated carbocycles. The van der Waals surface area contributed by atoms with Gasteiger partial charge in [-0.05, 0) is 24.3 Å². The van der Waals surface area contributed by atoms with Crippen molar-refractivity contribution in [2.75, 3.05) is 18.0 Å². The lowest BCUT2D eigenvalue weighted by molar-refractivity contribution is 0.187. The Kier molecular flexibility index (Phi) is 3.46. The summed E-state index contributed by atoms with van der Waals surface area (Å²) in [7, 11) is 0. The van der Waals surface area contributed by atoms with Crippen LogP contribution in [0, 0.1) is 0 Å². The van der Waals surface area contributed by atoms with Crippen molar-refractivity contribution in [3.8, 4) is 11.3 Å². The third-order valence-electron chi connectivity index (χ3n) is 3.90. The Labute approximate surface area is 141 Å². The molecule has 0 atom stereocenters. The fourth-order valence-corrected chi connectivity index (χ4v) is 2.80. The van der Waals surface area contributed by atoms with E-state index in [1.807, 2.05) is 23.1 Å². The van der Waals surface area contributed by atoms with Crippen molar-refractivity contribution in [1.82, 2.24) is 24.9 Å². The maximum absolute atomic E-state index is 10.6. The zero-order valence-electron chi connectivity index (χ0n) is 12.4. The van der Waals surface area contributed by atoms with Crippen molar-refractivity contribution < 1.29 is 9.90 Å². The number of nitrogens with zero attached hydrogens (tertiary/aromatic N) is 5. The number of rotatable bonds is 3. The zero-order chi connectivity index (χ0) is 16.7. The van der Waals surface area contributed by atoms with Crippen LogP contribution in [0.4, 0.5) is 10.6 Å². The average molecular weight is 345 g/mol. The molecule has 1 amide bonds. The molecule has 0 spiro atoms. The van der Waals surface area contributed by atoms with E-state index in [0.717, 1.165) is 22.7 Å². The Morgan fingerprint density at radius 1 is 1.21 bits per heavy atom. The minimum Gasteiger partial charge on any atom is -0.465 e. The number of anilines is 1. The molecule has 4 heterocycles. The molecule has 1 aliphatic heterocycles. The summed E-state index contributed by atoms with van der Waals surface area (Å²) in [5, 5.41) is 16.2. The number of amides is 1. The maximum Gasteiger partial charge on any atom is 0.405 e. The lowest BCUT2D eigenvalue weighted by atomic mass is 10.1. The van der Waals surface area contributed by atoms with Crippen molar-refractivity contribution in [3.05, 3.63) is 41.8 Å². The summed E-state index contributed by atoms with van der Waals surface area (Å²) in [4.78, 5) is 21.1. The molecule has 2 N–H and O–H groups in total. The highest BCUT2D eigenvalue weighted by Gasteiger charge is 2.29. The molecule has 3 aromatic rings. The number of hydrogen-bond donors (Lipinski definition) is 2. The molecule has 0 aliphatic carbocycles. The van der Waals surface area contributed by atoms with Gasteiger partial charge in [0, 0.05) is 24.8 Å². The molecular formula is C15H13ClN6O2. The molecule has 1 aliphatic rings. The van der Waals surface area contributed by atoms with Crippen LogP contribution in [0.25, 0.3) is 16.9 Å². The van der Waals surface area contributed by atoms with Gasteiger partial charge in [0.1, 0.15) is 11.0 Å². The first kappa shape index (κ1) is 14.7. The minimum absolute atomic E-state index is 0.0669. The van der Waals surface area contributed by atoms with Crippen molar-refractivity contribution in [2.24, 2.45) is 0 Å². The molecule has 0 radical (unpaired) electrons. The van der Waals surface area contributed by atoms with E-state index in [1.165, 1.54) is 0 Å². The number of imidazole rings is 1. The fourth-order valence-electron chi connectivity index (χ4n) is 2.69. The van der Waals surface area contributed by atoms with E-state index in [9.17, 15) is 4.79 Å². The highest BCUT2D eigenvalue weighted by atomic mass is 35.5. The Morgan fingerprint density at radius 3 is 2.75 bits per heavy atom. The number of pyridine rings is 1. The summed E-state index contributed by atoms with van der Waals surface area (Å²) in [5.74, 6) is 0.770. The number of nitrogens with one attached hydrogen (secondary N) is 1. The van der Waals surface area contributed by atoms with Gasteiger partial charge in [-0.25, -0.2) is 19.3 Å². The first-order chi connectivity index (χ1) is 11.6. The van der Waals surface area contributed by atoms with Crippen molar-refractivity contribution in [2.45, 2.75) is 6.04 Å². The van der Waals surface area contributed by atoms with E-state index >= 15 is 0 Å². The van der Waals surface area contributed by atoms with Gasteiger partial charge in [-0.15, -0.1) is 5.10 Å². The van der Waals surface area contributed by atoms with E-state index in [4.69, 9.17) is 16.7 Å². The normalized spacial score (nSPS) is 14.6. The molecule has 122 valence electrons. The second-order valence-corrected chi connectivity index (χ2v) is 5.91. The molecule has 24 heavy (non-hydrogen) atoms. The topological polar surface area (TPSA) is 95.7 Å². The van der Waals surface area contributed by atoms with E-state index in [2.05, 4.69) is 20.4 Å².